The maximum absolute atomic E-state index is 2.61. The molecule has 0 aromatic carbocycles. The van der Waals surface area contributed by atoms with E-state index in [2.05, 4.69) is 187 Å². The molecule has 1 aromatic rings. The Balaban J connectivity index is -0.000000997. The van der Waals surface area contributed by atoms with Crippen LogP contribution in [0.4, 0.5) is 0 Å². The van der Waals surface area contributed by atoms with Gasteiger partial charge in [0.15, 0.2) is 0 Å². The molecule has 1 heterocycles. The Labute approximate surface area is 308 Å². The first-order chi connectivity index (χ1) is 18.1. The molecule has 0 aliphatic carbocycles. The summed E-state index contributed by atoms with van der Waals surface area (Å²) in [5, 5.41) is 4.06. The van der Waals surface area contributed by atoms with Crippen molar-refractivity contribution in [1.29, 1.82) is 0 Å². The minimum atomic E-state index is -1.67. The molecule has 0 saturated carbocycles. The van der Waals surface area contributed by atoms with Crippen molar-refractivity contribution in [2.24, 2.45) is 0 Å². The van der Waals surface area contributed by atoms with E-state index in [1.54, 1.807) is 0 Å². The van der Waals surface area contributed by atoms with Gasteiger partial charge in [-0.15, -0.1) is 0 Å². The first kappa shape index (κ1) is 48.9. The molecule has 0 saturated heterocycles. The van der Waals surface area contributed by atoms with Crippen LogP contribution in [-0.2, 0) is 0 Å². The van der Waals surface area contributed by atoms with Crippen LogP contribution in [0.1, 0.15) is 188 Å². The summed E-state index contributed by atoms with van der Waals surface area (Å²) < 4.78 is 0. The van der Waals surface area contributed by atoms with Crippen LogP contribution in [0.2, 0.25) is 45.3 Å². The van der Waals surface area contributed by atoms with Crippen molar-refractivity contribution in [2.45, 2.75) is 232 Å². The van der Waals surface area contributed by atoms with E-state index in [4.69, 9.17) is 0 Å². The summed E-state index contributed by atoms with van der Waals surface area (Å²) in [6, 6.07) is 0. The smallest absolute Gasteiger partial charge is 0.569 e. The van der Waals surface area contributed by atoms with Crippen molar-refractivity contribution < 1.29 is 1.43 Å². The zero-order chi connectivity index (χ0) is 35.6. The maximum atomic E-state index is 2.61. The van der Waals surface area contributed by atoms with Crippen LogP contribution in [0.3, 0.4) is 0 Å². The van der Waals surface area contributed by atoms with Gasteiger partial charge in [0.25, 0.3) is 0 Å². The number of hydrogen-bond donors (Lipinski definition) is 0. The fourth-order valence-electron chi connectivity index (χ4n) is 11.9. The van der Waals surface area contributed by atoms with E-state index in [-0.39, 0.29) is 38.3 Å². The normalized spacial score (nSPS) is 17.0. The van der Waals surface area contributed by atoms with Crippen molar-refractivity contribution in [2.75, 3.05) is 0 Å². The molecule has 3 radical (unpaired) electrons. The van der Waals surface area contributed by atoms with Gasteiger partial charge in [-0.1, -0.05) is 210 Å². The summed E-state index contributed by atoms with van der Waals surface area (Å²) in [6.45, 7) is 68.5. The van der Waals surface area contributed by atoms with Crippen molar-refractivity contribution in [3.8, 4) is 0 Å². The van der Waals surface area contributed by atoms with Crippen LogP contribution in [0.25, 0.3) is 0 Å². The van der Waals surface area contributed by atoms with Gasteiger partial charge in [0.1, 0.15) is 0 Å². The molecule has 0 aliphatic heterocycles. The van der Waals surface area contributed by atoms with Gasteiger partial charge in [0.05, 0.1) is 8.80 Å². The minimum Gasteiger partial charge on any atom is -0.569 e. The molecule has 0 nitrogen and oxygen atoms in total. The molecule has 44 heavy (non-hydrogen) atoms. The van der Waals surface area contributed by atoms with Gasteiger partial charge < -0.3 is 28.4 Å². The zero-order valence-electron chi connectivity index (χ0n) is 35.3. The quantitative estimate of drug-likeness (QED) is 0.210. The van der Waals surface area contributed by atoms with Crippen LogP contribution in [0, 0.1) is 0 Å². The van der Waals surface area contributed by atoms with E-state index >= 15 is 0 Å². The van der Waals surface area contributed by atoms with E-state index in [1.807, 2.05) is 15.4 Å². The average molecular weight is 843 g/mol. The average Bonchev–Trinajstić information content (AvgIpc) is 3.27. The summed E-state index contributed by atoms with van der Waals surface area (Å²) in [7, 11) is 0.184. The Kier molecular flexibility index (Phi) is 16.0. The summed E-state index contributed by atoms with van der Waals surface area (Å²) in [6.07, 6.45) is 0.167. The third-order valence-electron chi connectivity index (χ3n) is 9.61. The standard InChI is InChI=1S/C24H54P4Si2.C12H27Si.Sn.H2/c1-19(2,3)29(20(4,5)6,21(7,8)9)26-27-25-28(27)30(22(10,11)12,23(13,14)15)24(16,17)18;1-10(2,3)13(11(4,5)6)12(7,8)9;;/h1-18H3;1-9H3;;1H/q-2;;+2;. The molecular formula is C36H83P4Si3Sn. The molecule has 0 N–H and O–H groups in total. The largest absolute Gasteiger partial charge is 2.00 e. The van der Waals surface area contributed by atoms with Crippen LogP contribution < -0.4 is 0 Å². The van der Waals surface area contributed by atoms with Crippen LogP contribution in [0.15, 0.2) is 0 Å². The second-order valence-electron chi connectivity index (χ2n) is 22.8. The van der Waals surface area contributed by atoms with Gasteiger partial charge in [-0.25, -0.2) is 0 Å². The van der Waals surface area contributed by atoms with Crippen molar-refractivity contribution in [3.05, 3.63) is 0 Å². The predicted molar refractivity (Wildman–Crippen MR) is 230 cm³/mol. The fraction of sp³-hybridized carbons (Fsp3) is 1.00. The van der Waals surface area contributed by atoms with Gasteiger partial charge >= 0.3 is 23.9 Å². The zero-order valence-corrected chi connectivity index (χ0v) is 44.7. The van der Waals surface area contributed by atoms with Gasteiger partial charge in [0.2, 0.25) is 0 Å². The van der Waals surface area contributed by atoms with E-state index in [9.17, 15) is 0 Å². The molecule has 2 unspecified atom stereocenters. The Bertz CT molecular complexity index is 915. The molecule has 0 spiro atoms. The summed E-state index contributed by atoms with van der Waals surface area (Å²) >= 11 is 0. The Morgan fingerprint density at radius 1 is 0.432 bits per heavy atom. The minimum absolute atomic E-state index is 0. The molecule has 2 atom stereocenters. The van der Waals surface area contributed by atoms with Gasteiger partial charge in [-0.2, -0.15) is 0 Å². The third-order valence-corrected chi connectivity index (χ3v) is 77.5. The monoisotopic (exact) mass is 843 g/mol. The van der Waals surface area contributed by atoms with Gasteiger partial charge in [-0.05, 0) is 30.2 Å². The van der Waals surface area contributed by atoms with Crippen LogP contribution >= 0.6 is 28.4 Å². The second kappa shape index (κ2) is 14.4. The van der Waals surface area contributed by atoms with E-state index in [0.29, 0.717) is 45.3 Å². The molecule has 263 valence electrons. The topological polar surface area (TPSA) is 0 Å². The first-order valence-electron chi connectivity index (χ1n) is 17.0. The third kappa shape index (κ3) is 10.2. The molecule has 0 fully saturated rings. The van der Waals surface area contributed by atoms with E-state index < -0.39 is 24.3 Å². The summed E-state index contributed by atoms with van der Waals surface area (Å²) in [5.41, 5.74) is 0. The fourth-order valence-corrected chi connectivity index (χ4v) is 123. The van der Waals surface area contributed by atoms with Crippen LogP contribution in [0.5, 0.6) is 0 Å². The van der Waals surface area contributed by atoms with Gasteiger partial charge in [0, 0.05) is 9.17 Å². The molecule has 0 bridgehead atoms. The van der Waals surface area contributed by atoms with Crippen LogP contribution in [-0.4, -0.2) is 48.2 Å². The van der Waals surface area contributed by atoms with Crippen molar-refractivity contribution in [3.63, 3.8) is 0 Å². The van der Waals surface area contributed by atoms with Gasteiger partial charge in [-0.3, -0.25) is 0 Å². The number of rotatable bonds is 3. The first-order valence-corrected chi connectivity index (χ1v) is 31.5. The summed E-state index contributed by atoms with van der Waals surface area (Å²) in [4.78, 5) is 0. The molecule has 1 aromatic heterocycles. The van der Waals surface area contributed by atoms with E-state index in [1.165, 1.54) is 0 Å². The number of hydrogen-bond acceptors (Lipinski definition) is 0. The molecule has 8 heteroatoms. The van der Waals surface area contributed by atoms with Crippen molar-refractivity contribution in [1.82, 2.24) is 0 Å². The van der Waals surface area contributed by atoms with E-state index in [0.717, 1.165) is 0 Å². The predicted octanol–water partition coefficient (Wildman–Crippen LogP) is 18.0. The SMILES string of the molecule is CC(C)(C)[Si](C(C)(C)C)C(C)(C)C.CC(C)(C)[Si]([P-]p1[p-]p1[Si](C(C)(C)C)(C(C)(C)C)C(C)(C)C)(C(C)(C)C)C(C)(C)C.[HH].[Sn+2]. The molecule has 1 rings (SSSR count). The maximum Gasteiger partial charge on any atom is 2.00 e. The second-order valence-corrected chi connectivity index (χ2v) is 63.3. The Morgan fingerprint density at radius 3 is 0.795 bits per heavy atom. The molecule has 0 aliphatic rings. The molecular weight excluding hydrogens is 759 g/mol. The Hall–Kier alpha value is 2.78. The Morgan fingerprint density at radius 2 is 0.659 bits per heavy atom. The van der Waals surface area contributed by atoms with Crippen molar-refractivity contribution >= 4 is 76.6 Å². The molecule has 0 amide bonds. The summed E-state index contributed by atoms with van der Waals surface area (Å²) in [5.74, 6) is 0.